The first kappa shape index (κ1) is 11.9. The molecule has 90 valence electrons. The molecule has 0 aliphatic carbocycles. The summed E-state index contributed by atoms with van der Waals surface area (Å²) >= 11 is 5.80. The highest BCUT2D eigenvalue weighted by atomic mass is 35.5. The summed E-state index contributed by atoms with van der Waals surface area (Å²) < 4.78 is 13.6. The predicted molar refractivity (Wildman–Crippen MR) is 65.2 cm³/mol. The Labute approximate surface area is 103 Å². The number of hydrogen-bond donors (Lipinski definition) is 3. The van der Waals surface area contributed by atoms with E-state index in [0.29, 0.717) is 10.7 Å². The second kappa shape index (κ2) is 4.01. The molecule has 6 heteroatoms. The lowest BCUT2D eigenvalue weighted by atomic mass is 10.1. The van der Waals surface area contributed by atoms with Crippen molar-refractivity contribution >= 4 is 23.2 Å². The Morgan fingerprint density at radius 3 is 2.88 bits per heavy atom. The molecule has 1 aromatic rings. The average molecular weight is 256 g/mol. The number of nitrogens with zero attached hydrogens (tertiary/aromatic N) is 1. The van der Waals surface area contributed by atoms with Gasteiger partial charge in [-0.2, -0.15) is 0 Å². The summed E-state index contributed by atoms with van der Waals surface area (Å²) in [5.74, 6) is -1.90. The van der Waals surface area contributed by atoms with E-state index in [1.807, 2.05) is 0 Å². The Hall–Kier alpha value is -1.59. The van der Waals surface area contributed by atoms with E-state index in [-0.39, 0.29) is 11.5 Å². The van der Waals surface area contributed by atoms with E-state index in [1.165, 1.54) is 24.3 Å². The lowest BCUT2D eigenvalue weighted by Gasteiger charge is -2.28. The summed E-state index contributed by atoms with van der Waals surface area (Å²) in [7, 11) is 0. The third-order valence-corrected chi connectivity index (χ3v) is 2.46. The molecule has 4 N–H and O–H groups in total. The third kappa shape index (κ3) is 2.57. The van der Waals surface area contributed by atoms with Crippen LogP contribution >= 0.6 is 11.6 Å². The molecule has 1 heterocycles. The van der Waals surface area contributed by atoms with Crippen molar-refractivity contribution in [2.24, 2.45) is 10.7 Å². The lowest BCUT2D eigenvalue weighted by Crippen LogP contribution is -2.50. The van der Waals surface area contributed by atoms with Crippen molar-refractivity contribution in [1.29, 1.82) is 0 Å². The maximum Gasteiger partial charge on any atom is 0.211 e. The van der Waals surface area contributed by atoms with Crippen LogP contribution < -0.4 is 11.1 Å². The zero-order valence-corrected chi connectivity index (χ0v) is 9.79. The van der Waals surface area contributed by atoms with E-state index in [0.717, 1.165) is 0 Å². The number of hydrogen-bond acceptors (Lipinski definition) is 3. The van der Waals surface area contributed by atoms with Crippen LogP contribution in [0.3, 0.4) is 0 Å². The second-order valence-corrected chi connectivity index (χ2v) is 4.36. The van der Waals surface area contributed by atoms with Crippen LogP contribution in [0.25, 0.3) is 5.70 Å². The summed E-state index contributed by atoms with van der Waals surface area (Å²) in [6.45, 7) is 1.55. The first-order valence-corrected chi connectivity index (χ1v) is 5.28. The fourth-order valence-electron chi connectivity index (χ4n) is 1.58. The topological polar surface area (TPSA) is 70.6 Å². The van der Waals surface area contributed by atoms with Gasteiger partial charge in [-0.25, -0.2) is 9.38 Å². The zero-order chi connectivity index (χ0) is 12.6. The zero-order valence-electron chi connectivity index (χ0n) is 9.04. The van der Waals surface area contributed by atoms with Crippen LogP contribution in [0.1, 0.15) is 12.5 Å². The van der Waals surface area contributed by atoms with Crippen LogP contribution in [0.2, 0.25) is 5.02 Å². The molecule has 0 fully saturated rings. The number of nitrogens with two attached hydrogens (primary N) is 1. The van der Waals surface area contributed by atoms with Gasteiger partial charge in [0.2, 0.25) is 5.90 Å². The van der Waals surface area contributed by atoms with Crippen LogP contribution in [-0.4, -0.2) is 16.8 Å². The predicted octanol–water partition coefficient (Wildman–Crippen LogP) is 2.01. The highest BCUT2D eigenvalue weighted by Gasteiger charge is 2.24. The van der Waals surface area contributed by atoms with Crippen molar-refractivity contribution < 1.29 is 9.50 Å². The molecule has 0 aromatic heterocycles. The first-order valence-electron chi connectivity index (χ1n) is 4.90. The molecule has 0 amide bonds. The van der Waals surface area contributed by atoms with E-state index in [9.17, 15) is 9.50 Å². The SMILES string of the molecule is CC1(N)N=C(O)C=C(c2cc(Cl)ccc2F)N1. The van der Waals surface area contributed by atoms with Gasteiger partial charge in [0.05, 0.1) is 5.70 Å². The quantitative estimate of drug-likeness (QED) is 0.719. The molecule has 2 rings (SSSR count). The minimum absolute atomic E-state index is 0.232. The molecule has 1 atom stereocenters. The van der Waals surface area contributed by atoms with Gasteiger partial charge >= 0.3 is 0 Å². The Kier molecular flexibility index (Phi) is 2.81. The fraction of sp³-hybridized carbons (Fsp3) is 0.182. The minimum atomic E-state index is -1.18. The summed E-state index contributed by atoms with van der Waals surface area (Å²) in [6.07, 6.45) is 1.29. The molecular formula is C11H11ClFN3O. The van der Waals surface area contributed by atoms with Crippen molar-refractivity contribution in [3.8, 4) is 0 Å². The molecule has 1 aliphatic rings. The normalized spacial score (nSPS) is 23.8. The van der Waals surface area contributed by atoms with Crippen molar-refractivity contribution in [2.75, 3.05) is 0 Å². The summed E-state index contributed by atoms with van der Waals surface area (Å²) in [5.41, 5.74) is 6.30. The van der Waals surface area contributed by atoms with Gasteiger partial charge in [-0.15, -0.1) is 0 Å². The maximum atomic E-state index is 13.6. The van der Waals surface area contributed by atoms with Crippen LogP contribution in [0, 0.1) is 5.82 Å². The Balaban J connectivity index is 2.48. The molecule has 0 radical (unpaired) electrons. The Bertz CT molecular complexity index is 525. The highest BCUT2D eigenvalue weighted by molar-refractivity contribution is 6.30. The van der Waals surface area contributed by atoms with Gasteiger partial charge in [-0.05, 0) is 25.1 Å². The number of aliphatic imine (C=N–C) groups is 1. The van der Waals surface area contributed by atoms with Gasteiger partial charge in [0.25, 0.3) is 0 Å². The molecule has 1 aromatic carbocycles. The molecular weight excluding hydrogens is 245 g/mol. The number of aliphatic hydroxyl groups is 1. The van der Waals surface area contributed by atoms with Gasteiger partial charge in [0.1, 0.15) is 5.82 Å². The van der Waals surface area contributed by atoms with Crippen LogP contribution in [-0.2, 0) is 0 Å². The summed E-state index contributed by atoms with van der Waals surface area (Å²) in [6, 6.07) is 4.14. The standard InChI is InChI=1S/C11H11ClFN3O/c1-11(14)15-9(5-10(17)16-11)7-4-6(12)2-3-8(7)13/h2-5,15H,14H2,1H3,(H,16,17). The van der Waals surface area contributed by atoms with Crippen molar-refractivity contribution in [3.63, 3.8) is 0 Å². The monoisotopic (exact) mass is 255 g/mol. The number of rotatable bonds is 1. The summed E-state index contributed by atoms with van der Waals surface area (Å²) in [4.78, 5) is 3.75. The molecule has 17 heavy (non-hydrogen) atoms. The minimum Gasteiger partial charge on any atom is -0.493 e. The second-order valence-electron chi connectivity index (χ2n) is 3.92. The maximum absolute atomic E-state index is 13.6. The van der Waals surface area contributed by atoms with Gasteiger partial charge in [-0.3, -0.25) is 5.73 Å². The van der Waals surface area contributed by atoms with Crippen LogP contribution in [0.5, 0.6) is 0 Å². The van der Waals surface area contributed by atoms with Gasteiger partial charge in [0.15, 0.2) is 5.79 Å². The van der Waals surface area contributed by atoms with Gasteiger partial charge < -0.3 is 10.4 Å². The van der Waals surface area contributed by atoms with Crippen molar-refractivity contribution in [1.82, 2.24) is 5.32 Å². The van der Waals surface area contributed by atoms with E-state index in [1.54, 1.807) is 6.92 Å². The molecule has 1 aliphatic heterocycles. The summed E-state index contributed by atoms with van der Waals surface area (Å²) in [5, 5.41) is 12.6. The molecule has 0 saturated carbocycles. The van der Waals surface area contributed by atoms with E-state index < -0.39 is 11.6 Å². The smallest absolute Gasteiger partial charge is 0.211 e. The largest absolute Gasteiger partial charge is 0.493 e. The number of halogens is 2. The van der Waals surface area contributed by atoms with Crippen molar-refractivity contribution in [2.45, 2.75) is 12.7 Å². The van der Waals surface area contributed by atoms with Crippen molar-refractivity contribution in [3.05, 3.63) is 40.7 Å². The Morgan fingerprint density at radius 2 is 2.24 bits per heavy atom. The van der Waals surface area contributed by atoms with E-state index >= 15 is 0 Å². The van der Waals surface area contributed by atoms with E-state index in [4.69, 9.17) is 17.3 Å². The van der Waals surface area contributed by atoms with E-state index in [2.05, 4.69) is 10.3 Å². The molecule has 0 spiro atoms. The number of benzene rings is 1. The van der Waals surface area contributed by atoms with Gasteiger partial charge in [-0.1, -0.05) is 11.6 Å². The number of aliphatic hydroxyl groups excluding tert-OH is 1. The lowest BCUT2D eigenvalue weighted by molar-refractivity contribution is 0.420. The molecule has 4 nitrogen and oxygen atoms in total. The van der Waals surface area contributed by atoms with Crippen LogP contribution in [0.15, 0.2) is 29.3 Å². The average Bonchev–Trinajstić information content (AvgIpc) is 2.18. The highest BCUT2D eigenvalue weighted by Crippen LogP contribution is 2.24. The molecule has 0 bridgehead atoms. The molecule has 0 saturated heterocycles. The Morgan fingerprint density at radius 1 is 1.53 bits per heavy atom. The number of nitrogens with one attached hydrogen (secondary N) is 1. The first-order chi connectivity index (χ1) is 7.87. The van der Waals surface area contributed by atoms with Crippen LogP contribution in [0.4, 0.5) is 4.39 Å². The fourth-order valence-corrected chi connectivity index (χ4v) is 1.76. The third-order valence-electron chi connectivity index (χ3n) is 2.23. The molecule has 1 unspecified atom stereocenters. The van der Waals surface area contributed by atoms with Gasteiger partial charge in [0, 0.05) is 16.7 Å².